The van der Waals surface area contributed by atoms with Crippen LogP contribution in [0.3, 0.4) is 0 Å². The first-order chi connectivity index (χ1) is 9.48. The van der Waals surface area contributed by atoms with Gasteiger partial charge in [-0.2, -0.15) is 15.0 Å². The minimum absolute atomic E-state index is 0.141. The van der Waals surface area contributed by atoms with Crippen LogP contribution in [0.2, 0.25) is 0 Å². The minimum Gasteiger partial charge on any atom is -0.378 e. The molecule has 0 amide bonds. The number of anilines is 3. The van der Waals surface area contributed by atoms with Gasteiger partial charge in [-0.3, -0.25) is 5.43 Å². The molecule has 0 radical (unpaired) electrons. The van der Waals surface area contributed by atoms with Crippen LogP contribution in [0.15, 0.2) is 0 Å². The second-order valence-corrected chi connectivity index (χ2v) is 5.94. The van der Waals surface area contributed by atoms with Crippen LogP contribution in [-0.4, -0.2) is 47.8 Å². The van der Waals surface area contributed by atoms with Gasteiger partial charge in [-0.15, -0.1) is 0 Å². The average Bonchev–Trinajstić information content (AvgIpc) is 2.45. The summed E-state index contributed by atoms with van der Waals surface area (Å²) in [5.41, 5.74) is 2.62. The summed E-state index contributed by atoms with van der Waals surface area (Å²) in [6, 6.07) is 0. The van der Waals surface area contributed by atoms with Crippen LogP contribution in [0, 0.1) is 5.41 Å². The van der Waals surface area contributed by atoms with Gasteiger partial charge in [-0.1, -0.05) is 20.8 Å². The normalized spacial score (nSPS) is 16.1. The molecule has 112 valence electrons. The van der Waals surface area contributed by atoms with Crippen molar-refractivity contribution in [2.24, 2.45) is 11.3 Å². The third kappa shape index (κ3) is 4.17. The van der Waals surface area contributed by atoms with Gasteiger partial charge in [0.1, 0.15) is 0 Å². The van der Waals surface area contributed by atoms with E-state index in [-0.39, 0.29) is 5.41 Å². The number of aromatic nitrogens is 3. The molecule has 8 heteroatoms. The van der Waals surface area contributed by atoms with E-state index in [4.69, 9.17) is 10.6 Å². The molecule has 1 aromatic rings. The van der Waals surface area contributed by atoms with E-state index in [1.165, 1.54) is 0 Å². The summed E-state index contributed by atoms with van der Waals surface area (Å²) in [5, 5.41) is 3.22. The Morgan fingerprint density at radius 3 is 2.40 bits per heavy atom. The summed E-state index contributed by atoms with van der Waals surface area (Å²) in [5.74, 6) is 6.93. The highest BCUT2D eigenvalue weighted by Gasteiger charge is 2.17. The van der Waals surface area contributed by atoms with Crippen LogP contribution in [-0.2, 0) is 4.74 Å². The molecule has 20 heavy (non-hydrogen) atoms. The molecule has 0 aliphatic carbocycles. The largest absolute Gasteiger partial charge is 0.378 e. The van der Waals surface area contributed by atoms with E-state index in [1.807, 2.05) is 0 Å². The quantitative estimate of drug-likeness (QED) is 0.540. The number of nitrogens with two attached hydrogens (primary N) is 1. The Morgan fingerprint density at radius 1 is 1.15 bits per heavy atom. The van der Waals surface area contributed by atoms with Crippen LogP contribution in [0.5, 0.6) is 0 Å². The summed E-state index contributed by atoms with van der Waals surface area (Å²) in [6.07, 6.45) is 0. The smallest absolute Gasteiger partial charge is 0.243 e. The summed E-state index contributed by atoms with van der Waals surface area (Å²) >= 11 is 0. The van der Waals surface area contributed by atoms with Gasteiger partial charge in [-0.05, 0) is 5.41 Å². The Morgan fingerprint density at radius 2 is 1.80 bits per heavy atom. The van der Waals surface area contributed by atoms with Gasteiger partial charge in [-0.25, -0.2) is 5.84 Å². The van der Waals surface area contributed by atoms with Crippen molar-refractivity contribution in [3.63, 3.8) is 0 Å². The van der Waals surface area contributed by atoms with Gasteiger partial charge in [0.15, 0.2) is 0 Å². The molecule has 1 aromatic heterocycles. The van der Waals surface area contributed by atoms with E-state index in [2.05, 4.69) is 51.4 Å². The van der Waals surface area contributed by atoms with Crippen molar-refractivity contribution in [1.29, 1.82) is 0 Å². The maximum atomic E-state index is 5.43. The molecule has 0 unspecified atom stereocenters. The first kappa shape index (κ1) is 14.7. The maximum absolute atomic E-state index is 5.43. The highest BCUT2D eigenvalue weighted by atomic mass is 16.5. The standard InChI is InChI=1S/C12H23N7O/c1-12(2,3)8-14-9-15-10(18-13)17-11(16-9)19-4-6-20-7-5-19/h4-8,13H2,1-3H3,(H2,14,15,16,17,18). The summed E-state index contributed by atoms with van der Waals surface area (Å²) in [7, 11) is 0. The highest BCUT2D eigenvalue weighted by Crippen LogP contribution is 2.17. The van der Waals surface area contributed by atoms with Gasteiger partial charge < -0.3 is 15.0 Å². The fraction of sp³-hybridized carbons (Fsp3) is 0.750. The number of nitrogen functional groups attached to an aromatic ring is 1. The molecule has 0 bridgehead atoms. The zero-order chi connectivity index (χ0) is 14.6. The predicted molar refractivity (Wildman–Crippen MR) is 78.6 cm³/mol. The molecule has 2 heterocycles. The van der Waals surface area contributed by atoms with Crippen molar-refractivity contribution < 1.29 is 4.74 Å². The fourth-order valence-corrected chi connectivity index (χ4v) is 1.76. The van der Waals surface area contributed by atoms with Crippen LogP contribution in [0.4, 0.5) is 17.8 Å². The lowest BCUT2D eigenvalue weighted by atomic mass is 9.97. The second-order valence-electron chi connectivity index (χ2n) is 5.94. The van der Waals surface area contributed by atoms with Gasteiger partial charge in [0.05, 0.1) is 13.2 Å². The van der Waals surface area contributed by atoms with Gasteiger partial charge >= 0.3 is 0 Å². The molecule has 8 nitrogen and oxygen atoms in total. The number of hydrogen-bond donors (Lipinski definition) is 3. The average molecular weight is 281 g/mol. The molecule has 0 saturated carbocycles. The van der Waals surface area contributed by atoms with Crippen LogP contribution in [0.25, 0.3) is 0 Å². The molecular weight excluding hydrogens is 258 g/mol. The maximum Gasteiger partial charge on any atom is 0.243 e. The van der Waals surface area contributed by atoms with Crippen molar-refractivity contribution in [1.82, 2.24) is 15.0 Å². The molecule has 1 fully saturated rings. The number of hydrogen-bond acceptors (Lipinski definition) is 8. The molecule has 0 spiro atoms. The molecule has 1 aliphatic rings. The molecule has 1 saturated heterocycles. The fourth-order valence-electron chi connectivity index (χ4n) is 1.76. The van der Waals surface area contributed by atoms with Crippen LogP contribution >= 0.6 is 0 Å². The monoisotopic (exact) mass is 281 g/mol. The zero-order valence-corrected chi connectivity index (χ0v) is 12.3. The highest BCUT2D eigenvalue weighted by molar-refractivity contribution is 5.43. The SMILES string of the molecule is CC(C)(C)CNc1nc(NN)nc(N2CCOCC2)n1. The van der Waals surface area contributed by atoms with E-state index in [0.717, 1.165) is 19.6 Å². The van der Waals surface area contributed by atoms with Crippen molar-refractivity contribution in [3.8, 4) is 0 Å². The number of morpholine rings is 1. The number of hydrazine groups is 1. The van der Waals surface area contributed by atoms with Gasteiger partial charge in [0.25, 0.3) is 0 Å². The van der Waals surface area contributed by atoms with Crippen molar-refractivity contribution in [3.05, 3.63) is 0 Å². The van der Waals surface area contributed by atoms with E-state index in [9.17, 15) is 0 Å². The number of ether oxygens (including phenoxy) is 1. The van der Waals surface area contributed by atoms with E-state index < -0.39 is 0 Å². The van der Waals surface area contributed by atoms with Crippen LogP contribution in [0.1, 0.15) is 20.8 Å². The van der Waals surface area contributed by atoms with Gasteiger partial charge in [0.2, 0.25) is 17.8 Å². The molecule has 1 aliphatic heterocycles. The number of nitrogens with one attached hydrogen (secondary N) is 2. The number of nitrogens with zero attached hydrogens (tertiary/aromatic N) is 4. The predicted octanol–water partition coefficient (Wildman–Crippen LogP) is 0.452. The lowest BCUT2D eigenvalue weighted by molar-refractivity contribution is 0.122. The Labute approximate surface area is 119 Å². The Kier molecular flexibility index (Phi) is 4.56. The molecule has 0 aromatic carbocycles. The lowest BCUT2D eigenvalue weighted by Gasteiger charge is -2.27. The zero-order valence-electron chi connectivity index (χ0n) is 12.3. The summed E-state index contributed by atoms with van der Waals surface area (Å²) in [4.78, 5) is 15.0. The van der Waals surface area contributed by atoms with Crippen molar-refractivity contribution in [2.45, 2.75) is 20.8 Å². The Hall–Kier alpha value is -1.67. The third-order valence-electron chi connectivity index (χ3n) is 2.82. The molecule has 0 atom stereocenters. The lowest BCUT2D eigenvalue weighted by Crippen LogP contribution is -2.37. The first-order valence-corrected chi connectivity index (χ1v) is 6.77. The Balaban J connectivity index is 2.15. The summed E-state index contributed by atoms with van der Waals surface area (Å²) < 4.78 is 5.33. The van der Waals surface area contributed by atoms with Gasteiger partial charge in [0, 0.05) is 19.6 Å². The molecule has 2 rings (SSSR count). The van der Waals surface area contributed by atoms with E-state index >= 15 is 0 Å². The van der Waals surface area contributed by atoms with E-state index in [0.29, 0.717) is 31.1 Å². The minimum atomic E-state index is 0.141. The van der Waals surface area contributed by atoms with Crippen LogP contribution < -0.4 is 21.5 Å². The topological polar surface area (TPSA) is 101 Å². The molecular formula is C12H23N7O. The number of rotatable bonds is 4. The summed E-state index contributed by atoms with van der Waals surface area (Å²) in [6.45, 7) is 10.1. The Bertz CT molecular complexity index is 440. The molecule has 4 N–H and O–H groups in total. The van der Waals surface area contributed by atoms with Crippen molar-refractivity contribution in [2.75, 3.05) is 48.5 Å². The van der Waals surface area contributed by atoms with Crippen molar-refractivity contribution >= 4 is 17.8 Å². The van der Waals surface area contributed by atoms with E-state index in [1.54, 1.807) is 0 Å². The third-order valence-corrected chi connectivity index (χ3v) is 2.82. The second kappa shape index (κ2) is 6.19. The first-order valence-electron chi connectivity index (χ1n) is 6.77.